The Kier molecular flexibility index (Phi) is 3.03. The van der Waals surface area contributed by atoms with Gasteiger partial charge >= 0.3 is 0 Å². The van der Waals surface area contributed by atoms with Crippen LogP contribution in [-0.2, 0) is 0 Å². The van der Waals surface area contributed by atoms with Gasteiger partial charge in [-0.2, -0.15) is 0 Å². The van der Waals surface area contributed by atoms with Gasteiger partial charge in [0.15, 0.2) is 11.6 Å². The van der Waals surface area contributed by atoms with Gasteiger partial charge in [-0.3, -0.25) is 0 Å². The molecule has 1 heterocycles. The molecule has 4 rings (SSSR count). The first-order valence-electron chi connectivity index (χ1n) is 7.46. The van der Waals surface area contributed by atoms with Gasteiger partial charge in [0, 0.05) is 17.3 Å². The molecule has 1 N–H and O–H groups in total. The number of aromatic nitrogens is 1. The predicted octanol–water partition coefficient (Wildman–Crippen LogP) is 4.48. The van der Waals surface area contributed by atoms with Gasteiger partial charge in [0.1, 0.15) is 0 Å². The van der Waals surface area contributed by atoms with E-state index in [1.807, 2.05) is 0 Å². The van der Waals surface area contributed by atoms with E-state index in [1.54, 1.807) is 13.3 Å². The third-order valence-electron chi connectivity index (χ3n) is 4.76. The molecule has 1 aromatic carbocycles. The number of halogens is 2. The van der Waals surface area contributed by atoms with Crippen LogP contribution >= 0.6 is 0 Å². The highest BCUT2D eigenvalue weighted by molar-refractivity contribution is 5.68. The number of anilines is 2. The maximum atomic E-state index is 13.4. The molecule has 3 nitrogen and oxygen atoms in total. The standard InChI is InChI=1S/C17H16F2N2O/c1-22-17-16-10-3-2-9(6-10)15(16)14(8-20-17)21-11-4-5-12(18)13(19)7-11/h4-5,7-10,21H,2-3,6H2,1H3. The average Bonchev–Trinajstić information content (AvgIpc) is 3.13. The number of benzene rings is 1. The van der Waals surface area contributed by atoms with Crippen LogP contribution in [0.1, 0.15) is 42.2 Å². The molecular formula is C17H16F2N2O. The van der Waals surface area contributed by atoms with Crippen molar-refractivity contribution in [3.05, 3.63) is 47.2 Å². The highest BCUT2D eigenvalue weighted by atomic mass is 19.2. The molecule has 2 aliphatic rings. The molecule has 1 aromatic heterocycles. The average molecular weight is 302 g/mol. The fraction of sp³-hybridized carbons (Fsp3) is 0.353. The van der Waals surface area contributed by atoms with Crippen molar-refractivity contribution in [3.63, 3.8) is 0 Å². The fourth-order valence-corrected chi connectivity index (χ4v) is 3.85. The van der Waals surface area contributed by atoms with Crippen LogP contribution in [0.5, 0.6) is 5.88 Å². The summed E-state index contributed by atoms with van der Waals surface area (Å²) in [6.07, 6.45) is 5.19. The number of nitrogens with one attached hydrogen (secondary N) is 1. The van der Waals surface area contributed by atoms with E-state index in [2.05, 4.69) is 10.3 Å². The summed E-state index contributed by atoms with van der Waals surface area (Å²) in [5.74, 6) is 0.00390. The summed E-state index contributed by atoms with van der Waals surface area (Å²) in [4.78, 5) is 4.37. The number of pyridine rings is 1. The summed E-state index contributed by atoms with van der Waals surface area (Å²) in [5.41, 5.74) is 3.81. The van der Waals surface area contributed by atoms with Crippen LogP contribution in [0.15, 0.2) is 24.4 Å². The zero-order chi connectivity index (χ0) is 15.3. The summed E-state index contributed by atoms with van der Waals surface area (Å²) in [6.45, 7) is 0. The maximum absolute atomic E-state index is 13.4. The van der Waals surface area contributed by atoms with Gasteiger partial charge in [-0.1, -0.05) is 0 Å². The van der Waals surface area contributed by atoms with E-state index in [4.69, 9.17) is 4.74 Å². The minimum Gasteiger partial charge on any atom is -0.481 e. The van der Waals surface area contributed by atoms with Gasteiger partial charge in [-0.25, -0.2) is 13.8 Å². The van der Waals surface area contributed by atoms with Crippen molar-refractivity contribution in [1.82, 2.24) is 4.98 Å². The first-order valence-corrected chi connectivity index (χ1v) is 7.46. The van der Waals surface area contributed by atoms with Crippen LogP contribution in [0.2, 0.25) is 0 Å². The third kappa shape index (κ3) is 1.95. The Labute approximate surface area is 127 Å². The SMILES string of the molecule is COc1ncc(Nc2ccc(F)c(F)c2)c2c1C1CCC2C1. The van der Waals surface area contributed by atoms with E-state index in [-0.39, 0.29) is 0 Å². The Morgan fingerprint density at radius 3 is 2.64 bits per heavy atom. The Morgan fingerprint density at radius 1 is 1.14 bits per heavy atom. The molecule has 5 heteroatoms. The van der Waals surface area contributed by atoms with Gasteiger partial charge < -0.3 is 10.1 Å². The summed E-state index contributed by atoms with van der Waals surface area (Å²) >= 11 is 0. The largest absolute Gasteiger partial charge is 0.481 e. The number of fused-ring (bicyclic) bond motifs is 5. The molecule has 2 atom stereocenters. The van der Waals surface area contributed by atoms with E-state index in [9.17, 15) is 8.78 Å². The number of rotatable bonds is 3. The number of hydrogen-bond donors (Lipinski definition) is 1. The van der Waals surface area contributed by atoms with Gasteiger partial charge in [0.25, 0.3) is 0 Å². The van der Waals surface area contributed by atoms with E-state index < -0.39 is 11.6 Å². The van der Waals surface area contributed by atoms with Gasteiger partial charge in [0.05, 0.1) is 19.0 Å². The molecule has 114 valence electrons. The molecule has 0 saturated heterocycles. The van der Waals surface area contributed by atoms with Gasteiger partial charge in [0.2, 0.25) is 5.88 Å². The molecule has 22 heavy (non-hydrogen) atoms. The van der Waals surface area contributed by atoms with E-state index >= 15 is 0 Å². The van der Waals surface area contributed by atoms with Crippen LogP contribution in [0.3, 0.4) is 0 Å². The van der Waals surface area contributed by atoms with E-state index in [0.717, 1.165) is 24.6 Å². The van der Waals surface area contributed by atoms with Crippen molar-refractivity contribution in [1.29, 1.82) is 0 Å². The molecule has 0 aliphatic heterocycles. The third-order valence-corrected chi connectivity index (χ3v) is 4.76. The highest BCUT2D eigenvalue weighted by Crippen LogP contribution is 2.57. The van der Waals surface area contributed by atoms with Gasteiger partial charge in [-0.15, -0.1) is 0 Å². The van der Waals surface area contributed by atoms with Crippen molar-refractivity contribution in [3.8, 4) is 5.88 Å². The lowest BCUT2D eigenvalue weighted by molar-refractivity contribution is 0.388. The number of nitrogens with zero attached hydrogens (tertiary/aromatic N) is 1. The second-order valence-corrected chi connectivity index (χ2v) is 5.97. The van der Waals surface area contributed by atoms with Gasteiger partial charge in [-0.05, 0) is 48.8 Å². The molecule has 0 spiro atoms. The smallest absolute Gasteiger partial charge is 0.216 e. The van der Waals surface area contributed by atoms with Crippen LogP contribution in [0.4, 0.5) is 20.2 Å². The molecule has 0 radical (unpaired) electrons. The first kappa shape index (κ1) is 13.5. The minimum absolute atomic E-state index is 0.504. The maximum Gasteiger partial charge on any atom is 0.216 e. The van der Waals surface area contributed by atoms with Crippen molar-refractivity contribution in [2.75, 3.05) is 12.4 Å². The second-order valence-electron chi connectivity index (χ2n) is 5.97. The molecular weight excluding hydrogens is 286 g/mol. The number of methoxy groups -OCH3 is 1. The van der Waals surface area contributed by atoms with Crippen molar-refractivity contribution in [2.45, 2.75) is 31.1 Å². The Hall–Kier alpha value is -2.17. The lowest BCUT2D eigenvalue weighted by Crippen LogP contribution is -2.07. The molecule has 2 aliphatic carbocycles. The quantitative estimate of drug-likeness (QED) is 0.908. The zero-order valence-electron chi connectivity index (χ0n) is 12.2. The van der Waals surface area contributed by atoms with Crippen LogP contribution in [0.25, 0.3) is 0 Å². The lowest BCUT2D eigenvalue weighted by Gasteiger charge is -2.21. The minimum atomic E-state index is -0.857. The summed E-state index contributed by atoms with van der Waals surface area (Å²) < 4.78 is 31.8. The van der Waals surface area contributed by atoms with E-state index in [0.29, 0.717) is 23.4 Å². The van der Waals surface area contributed by atoms with Crippen molar-refractivity contribution < 1.29 is 13.5 Å². The summed E-state index contributed by atoms with van der Waals surface area (Å²) in [7, 11) is 1.64. The van der Waals surface area contributed by atoms with Crippen LogP contribution < -0.4 is 10.1 Å². The molecule has 2 bridgehead atoms. The lowest BCUT2D eigenvalue weighted by atomic mass is 9.91. The fourth-order valence-electron chi connectivity index (χ4n) is 3.85. The first-order chi connectivity index (χ1) is 10.7. The summed E-state index contributed by atoms with van der Waals surface area (Å²) in [5, 5.41) is 3.18. The van der Waals surface area contributed by atoms with Crippen molar-refractivity contribution in [2.24, 2.45) is 0 Å². The topological polar surface area (TPSA) is 34.1 Å². The highest BCUT2D eigenvalue weighted by Gasteiger charge is 2.41. The second kappa shape index (κ2) is 4.93. The molecule has 1 fully saturated rings. The predicted molar refractivity (Wildman–Crippen MR) is 79.8 cm³/mol. The normalized spacial score (nSPS) is 21.8. The molecule has 2 aromatic rings. The monoisotopic (exact) mass is 302 g/mol. The Bertz CT molecular complexity index is 748. The zero-order valence-corrected chi connectivity index (χ0v) is 12.2. The van der Waals surface area contributed by atoms with Crippen LogP contribution in [-0.4, -0.2) is 12.1 Å². The molecule has 1 saturated carbocycles. The molecule has 2 unspecified atom stereocenters. The number of ether oxygens (including phenoxy) is 1. The Morgan fingerprint density at radius 2 is 1.91 bits per heavy atom. The molecule has 0 amide bonds. The number of hydrogen-bond acceptors (Lipinski definition) is 3. The van der Waals surface area contributed by atoms with Crippen molar-refractivity contribution >= 4 is 11.4 Å². The Balaban J connectivity index is 1.75. The van der Waals surface area contributed by atoms with Crippen LogP contribution in [0, 0.1) is 11.6 Å². The summed E-state index contributed by atoms with van der Waals surface area (Å²) in [6, 6.07) is 3.82. The van der Waals surface area contributed by atoms with E-state index in [1.165, 1.54) is 29.7 Å².